The van der Waals surface area contributed by atoms with E-state index < -0.39 is 0 Å². The maximum atomic E-state index is 13.4. The molecule has 1 amide bonds. The van der Waals surface area contributed by atoms with Crippen LogP contribution in [0.25, 0.3) is 10.2 Å². The first-order chi connectivity index (χ1) is 14.9. The highest BCUT2D eigenvalue weighted by molar-refractivity contribution is 7.22. The number of likely N-dealkylation sites (N-methyl/N-ethyl adjacent to an activating group) is 1. The number of carbonyl (C=O) groups excluding carboxylic acids is 1. The van der Waals surface area contributed by atoms with Crippen LogP contribution in [0.3, 0.4) is 0 Å². The van der Waals surface area contributed by atoms with Gasteiger partial charge in [0.1, 0.15) is 17.0 Å². The molecule has 0 fully saturated rings. The normalized spacial score (nSPS) is 10.8. The fraction of sp³-hybridized carbons (Fsp3) is 0.417. The van der Waals surface area contributed by atoms with E-state index in [0.29, 0.717) is 23.8 Å². The molecule has 0 N–H and O–H groups in total. The first-order valence-corrected chi connectivity index (χ1v) is 11.4. The molecule has 0 aliphatic rings. The van der Waals surface area contributed by atoms with E-state index in [0.717, 1.165) is 46.7 Å². The van der Waals surface area contributed by atoms with Crippen molar-refractivity contribution in [1.29, 1.82) is 0 Å². The van der Waals surface area contributed by atoms with Crippen molar-refractivity contribution in [1.82, 2.24) is 9.88 Å². The lowest BCUT2D eigenvalue weighted by Gasteiger charge is -2.22. The summed E-state index contributed by atoms with van der Waals surface area (Å²) >= 11 is 1.52. The minimum Gasteiger partial charge on any atom is -0.494 e. The Kier molecular flexibility index (Phi) is 9.75. The maximum Gasteiger partial charge on any atom is 0.260 e. The molecule has 8 heteroatoms. The Labute approximate surface area is 200 Å². The summed E-state index contributed by atoms with van der Waals surface area (Å²) in [5.74, 6) is 1.43. The summed E-state index contributed by atoms with van der Waals surface area (Å²) in [7, 11) is 5.63. The van der Waals surface area contributed by atoms with Crippen molar-refractivity contribution < 1.29 is 14.3 Å². The van der Waals surface area contributed by atoms with E-state index >= 15 is 0 Å². The smallest absolute Gasteiger partial charge is 0.260 e. The lowest BCUT2D eigenvalue weighted by molar-refractivity contribution is 0.0985. The van der Waals surface area contributed by atoms with Crippen LogP contribution < -0.4 is 14.4 Å². The van der Waals surface area contributed by atoms with E-state index in [1.54, 1.807) is 12.0 Å². The Balaban J connectivity index is 0.00000363. The number of hydrogen-bond acceptors (Lipinski definition) is 6. The van der Waals surface area contributed by atoms with Crippen molar-refractivity contribution in [3.63, 3.8) is 0 Å². The number of carbonyl (C=O) groups is 1. The van der Waals surface area contributed by atoms with Gasteiger partial charge in [0.2, 0.25) is 0 Å². The van der Waals surface area contributed by atoms with Crippen LogP contribution in [0.5, 0.6) is 11.5 Å². The zero-order valence-corrected chi connectivity index (χ0v) is 21.0. The highest BCUT2D eigenvalue weighted by Gasteiger charge is 2.23. The van der Waals surface area contributed by atoms with Gasteiger partial charge in [-0.05, 0) is 63.3 Å². The number of anilines is 1. The number of amides is 1. The molecule has 0 aliphatic heterocycles. The zero-order chi connectivity index (χ0) is 22.4. The Hall–Kier alpha value is -2.35. The molecular formula is C24H32ClN3O3S. The first-order valence-electron chi connectivity index (χ1n) is 10.6. The minimum absolute atomic E-state index is 0. The second-order valence-electron chi connectivity index (χ2n) is 7.75. The first kappa shape index (κ1) is 25.9. The number of aromatic nitrogens is 1. The Morgan fingerprint density at radius 2 is 1.81 bits per heavy atom. The van der Waals surface area contributed by atoms with Crippen molar-refractivity contribution >= 4 is 45.0 Å². The highest BCUT2D eigenvalue weighted by atomic mass is 35.5. The second-order valence-corrected chi connectivity index (χ2v) is 8.72. The fourth-order valence-corrected chi connectivity index (χ4v) is 4.22. The molecule has 0 atom stereocenters. The van der Waals surface area contributed by atoms with E-state index in [2.05, 4.69) is 11.8 Å². The molecule has 3 aromatic rings. The van der Waals surface area contributed by atoms with Crippen LogP contribution in [0.1, 0.15) is 35.7 Å². The average molecular weight is 478 g/mol. The third kappa shape index (κ3) is 6.12. The fourth-order valence-electron chi connectivity index (χ4n) is 3.15. The predicted molar refractivity (Wildman–Crippen MR) is 135 cm³/mol. The van der Waals surface area contributed by atoms with Gasteiger partial charge in [0.05, 0.1) is 18.4 Å². The minimum atomic E-state index is -0.0716. The molecule has 0 spiro atoms. The third-order valence-electron chi connectivity index (χ3n) is 5.03. The summed E-state index contributed by atoms with van der Waals surface area (Å²) in [5, 5.41) is 0.678. The van der Waals surface area contributed by atoms with Crippen molar-refractivity contribution in [2.45, 2.75) is 26.7 Å². The number of unbranched alkanes of at least 4 members (excludes halogenated alkanes) is 1. The molecule has 0 unspecified atom stereocenters. The van der Waals surface area contributed by atoms with E-state index in [9.17, 15) is 4.79 Å². The number of rotatable bonds is 10. The molecule has 0 radical (unpaired) electrons. The van der Waals surface area contributed by atoms with Crippen LogP contribution in [0.2, 0.25) is 0 Å². The summed E-state index contributed by atoms with van der Waals surface area (Å²) in [4.78, 5) is 22.1. The number of nitrogens with zero attached hydrogens (tertiary/aromatic N) is 3. The molecule has 6 nitrogen and oxygen atoms in total. The van der Waals surface area contributed by atoms with Gasteiger partial charge in [-0.25, -0.2) is 4.98 Å². The molecule has 0 bridgehead atoms. The highest BCUT2D eigenvalue weighted by Crippen LogP contribution is 2.36. The lowest BCUT2D eigenvalue weighted by atomic mass is 10.2. The number of aryl methyl sites for hydroxylation is 1. The summed E-state index contributed by atoms with van der Waals surface area (Å²) in [6.07, 6.45) is 2.10. The van der Waals surface area contributed by atoms with Gasteiger partial charge in [0.15, 0.2) is 5.13 Å². The number of thiazole rings is 1. The number of halogens is 1. The Morgan fingerprint density at radius 3 is 2.44 bits per heavy atom. The summed E-state index contributed by atoms with van der Waals surface area (Å²) in [6.45, 7) is 6.14. The Bertz CT molecular complexity index is 1020. The average Bonchev–Trinajstić information content (AvgIpc) is 3.20. The van der Waals surface area contributed by atoms with E-state index in [-0.39, 0.29) is 18.3 Å². The molecule has 32 heavy (non-hydrogen) atoms. The summed E-state index contributed by atoms with van der Waals surface area (Å²) in [5.41, 5.74) is 2.53. The molecular weight excluding hydrogens is 446 g/mol. The number of methoxy groups -OCH3 is 1. The van der Waals surface area contributed by atoms with Crippen molar-refractivity contribution in [2.75, 3.05) is 45.8 Å². The molecule has 0 aliphatic carbocycles. The van der Waals surface area contributed by atoms with Gasteiger partial charge >= 0.3 is 0 Å². The van der Waals surface area contributed by atoms with Gasteiger partial charge < -0.3 is 14.4 Å². The van der Waals surface area contributed by atoms with Crippen LogP contribution >= 0.6 is 23.7 Å². The molecule has 174 valence electrons. The van der Waals surface area contributed by atoms with Crippen LogP contribution in [0, 0.1) is 6.92 Å². The quantitative estimate of drug-likeness (QED) is 0.365. The lowest BCUT2D eigenvalue weighted by Crippen LogP contribution is -2.36. The van der Waals surface area contributed by atoms with Crippen molar-refractivity contribution in [3.8, 4) is 11.5 Å². The largest absolute Gasteiger partial charge is 0.494 e. The zero-order valence-electron chi connectivity index (χ0n) is 19.4. The van der Waals surface area contributed by atoms with Gasteiger partial charge in [-0.1, -0.05) is 30.7 Å². The molecule has 0 saturated heterocycles. The molecule has 1 heterocycles. The van der Waals surface area contributed by atoms with E-state index in [1.165, 1.54) is 11.3 Å². The van der Waals surface area contributed by atoms with Gasteiger partial charge in [-0.3, -0.25) is 9.69 Å². The van der Waals surface area contributed by atoms with Crippen molar-refractivity contribution in [3.05, 3.63) is 47.5 Å². The Morgan fingerprint density at radius 1 is 1.09 bits per heavy atom. The SMILES string of the molecule is CCCCOc1ccc(C(=O)N(CCN(C)C)c2nc3c(OC)ccc(C)c3s2)cc1.Cl. The second kappa shape index (κ2) is 12.0. The number of benzene rings is 2. The topological polar surface area (TPSA) is 54.9 Å². The molecule has 0 saturated carbocycles. The molecule has 3 rings (SSSR count). The number of fused-ring (bicyclic) bond motifs is 1. The van der Waals surface area contributed by atoms with Gasteiger partial charge in [0.25, 0.3) is 5.91 Å². The summed E-state index contributed by atoms with van der Waals surface area (Å²) in [6, 6.07) is 11.3. The summed E-state index contributed by atoms with van der Waals surface area (Å²) < 4.78 is 12.3. The monoisotopic (exact) mass is 477 g/mol. The van der Waals surface area contributed by atoms with E-state index in [1.807, 2.05) is 57.4 Å². The van der Waals surface area contributed by atoms with Crippen molar-refractivity contribution in [2.24, 2.45) is 0 Å². The van der Waals surface area contributed by atoms with Gasteiger partial charge in [-0.2, -0.15) is 0 Å². The van der Waals surface area contributed by atoms with Gasteiger partial charge in [0, 0.05) is 18.7 Å². The molecule has 1 aromatic heterocycles. The number of hydrogen-bond donors (Lipinski definition) is 0. The molecule has 2 aromatic carbocycles. The standard InChI is InChI=1S/C24H31N3O3S.ClH/c1-6-7-16-30-19-11-9-18(10-12-19)23(28)27(15-14-26(3)4)24-25-21-20(29-5)13-8-17(2)22(21)31-24;/h8-13H,6-7,14-16H2,1-5H3;1H. The van der Waals surface area contributed by atoms with Crippen LogP contribution in [-0.4, -0.2) is 56.7 Å². The maximum absolute atomic E-state index is 13.4. The number of ether oxygens (including phenoxy) is 2. The van der Waals surface area contributed by atoms with E-state index in [4.69, 9.17) is 14.5 Å². The predicted octanol–water partition coefficient (Wildman–Crippen LogP) is 5.42. The van der Waals surface area contributed by atoms with Crippen LogP contribution in [0.4, 0.5) is 5.13 Å². The van der Waals surface area contributed by atoms with Crippen LogP contribution in [-0.2, 0) is 0 Å². The van der Waals surface area contributed by atoms with Gasteiger partial charge in [-0.15, -0.1) is 12.4 Å². The van der Waals surface area contributed by atoms with Crippen LogP contribution in [0.15, 0.2) is 36.4 Å². The third-order valence-corrected chi connectivity index (χ3v) is 6.24.